The number of carbonyl (C=O) groups excluding carboxylic acids is 1. The molecule has 1 amide bonds. The Morgan fingerprint density at radius 1 is 1.43 bits per heavy atom. The van der Waals surface area contributed by atoms with Crippen molar-refractivity contribution in [1.29, 1.82) is 0 Å². The van der Waals surface area contributed by atoms with Crippen LogP contribution in [0.25, 0.3) is 0 Å². The van der Waals surface area contributed by atoms with Crippen LogP contribution in [0, 0.1) is 0 Å². The first-order valence-electron chi connectivity index (χ1n) is 6.37. The van der Waals surface area contributed by atoms with Crippen LogP contribution in [0.5, 0.6) is 0 Å². The molecule has 0 saturated heterocycles. The number of aryl methyl sites for hydroxylation is 1. The molecule has 21 heavy (non-hydrogen) atoms. The van der Waals surface area contributed by atoms with Gasteiger partial charge in [0.05, 0.1) is 6.10 Å². The first-order chi connectivity index (χ1) is 10.0. The van der Waals surface area contributed by atoms with Crippen molar-refractivity contribution < 1.29 is 14.3 Å². The minimum absolute atomic E-state index is 0.0295. The number of nitrogens with one attached hydrogen (secondary N) is 1. The van der Waals surface area contributed by atoms with Gasteiger partial charge in [-0.25, -0.2) is 4.98 Å². The lowest BCUT2D eigenvalue weighted by molar-refractivity contribution is 0.0910. The summed E-state index contributed by atoms with van der Waals surface area (Å²) in [6.45, 7) is 1.83. The standard InChI is InChI=1S/C14H14Cl2N2O3/c1-2-11-13(18-7-21-11)14(20)17-6-10(19)12-8(15)4-3-5-9(12)16/h3-5,7,10,19H,2,6H2,1H3,(H,17,20). The zero-order valence-corrected chi connectivity index (χ0v) is 12.8. The Balaban J connectivity index is 2.04. The molecule has 1 heterocycles. The van der Waals surface area contributed by atoms with Gasteiger partial charge in [0, 0.05) is 28.6 Å². The van der Waals surface area contributed by atoms with Gasteiger partial charge in [-0.1, -0.05) is 36.2 Å². The summed E-state index contributed by atoms with van der Waals surface area (Å²) in [4.78, 5) is 15.8. The number of amides is 1. The summed E-state index contributed by atoms with van der Waals surface area (Å²) in [6.07, 6.45) is 0.767. The van der Waals surface area contributed by atoms with E-state index in [0.29, 0.717) is 27.8 Å². The van der Waals surface area contributed by atoms with Crippen molar-refractivity contribution in [3.05, 3.63) is 51.7 Å². The van der Waals surface area contributed by atoms with Crippen LogP contribution >= 0.6 is 23.2 Å². The lowest BCUT2D eigenvalue weighted by Crippen LogP contribution is -2.29. The molecular weight excluding hydrogens is 315 g/mol. The van der Waals surface area contributed by atoms with Crippen molar-refractivity contribution >= 4 is 29.1 Å². The highest BCUT2D eigenvalue weighted by Crippen LogP contribution is 2.29. The van der Waals surface area contributed by atoms with Gasteiger partial charge in [0.25, 0.3) is 5.91 Å². The molecule has 0 radical (unpaired) electrons. The van der Waals surface area contributed by atoms with E-state index in [-0.39, 0.29) is 12.2 Å². The third-order valence-electron chi connectivity index (χ3n) is 2.97. The van der Waals surface area contributed by atoms with Gasteiger partial charge in [0.15, 0.2) is 12.1 Å². The largest absolute Gasteiger partial charge is 0.448 e. The topological polar surface area (TPSA) is 75.4 Å². The average Bonchev–Trinajstić information content (AvgIpc) is 2.93. The Morgan fingerprint density at radius 2 is 2.10 bits per heavy atom. The number of nitrogens with zero attached hydrogens (tertiary/aromatic N) is 1. The van der Waals surface area contributed by atoms with Crippen LogP contribution in [0.15, 0.2) is 29.0 Å². The summed E-state index contributed by atoms with van der Waals surface area (Å²) in [6, 6.07) is 4.93. The average molecular weight is 329 g/mol. The fraction of sp³-hybridized carbons (Fsp3) is 0.286. The van der Waals surface area contributed by atoms with Crippen molar-refractivity contribution in [3.63, 3.8) is 0 Å². The molecule has 7 heteroatoms. The SMILES string of the molecule is CCc1ocnc1C(=O)NCC(O)c1c(Cl)cccc1Cl. The molecule has 1 unspecified atom stereocenters. The second kappa shape index (κ2) is 6.93. The molecule has 0 aliphatic rings. The maximum atomic E-state index is 12.0. The Morgan fingerprint density at radius 3 is 2.71 bits per heavy atom. The van der Waals surface area contributed by atoms with Gasteiger partial charge in [-0.2, -0.15) is 0 Å². The number of oxazole rings is 1. The molecule has 1 aromatic heterocycles. The molecule has 2 rings (SSSR count). The van der Waals surface area contributed by atoms with Gasteiger partial charge in [-0.05, 0) is 12.1 Å². The van der Waals surface area contributed by atoms with Crippen molar-refractivity contribution in [2.45, 2.75) is 19.4 Å². The Bertz CT molecular complexity index is 623. The molecule has 2 N–H and O–H groups in total. The fourth-order valence-electron chi connectivity index (χ4n) is 1.91. The molecule has 0 saturated carbocycles. The molecule has 0 bridgehead atoms. The molecule has 0 spiro atoms. The van der Waals surface area contributed by atoms with E-state index in [2.05, 4.69) is 10.3 Å². The maximum Gasteiger partial charge on any atom is 0.273 e. The lowest BCUT2D eigenvalue weighted by Gasteiger charge is -2.15. The monoisotopic (exact) mass is 328 g/mol. The number of carbonyl (C=O) groups is 1. The number of hydrogen-bond donors (Lipinski definition) is 2. The van der Waals surface area contributed by atoms with E-state index in [1.165, 1.54) is 6.39 Å². The Kier molecular flexibility index (Phi) is 5.22. The Labute approximate surface area is 131 Å². The van der Waals surface area contributed by atoms with E-state index in [1.54, 1.807) is 18.2 Å². The first-order valence-corrected chi connectivity index (χ1v) is 7.12. The van der Waals surface area contributed by atoms with Crippen LogP contribution in [0.2, 0.25) is 10.0 Å². The number of halogens is 2. The second-order valence-electron chi connectivity index (χ2n) is 4.34. The van der Waals surface area contributed by atoms with E-state index in [1.807, 2.05) is 6.92 Å². The molecule has 1 aromatic carbocycles. The molecular formula is C14H14Cl2N2O3. The number of aromatic nitrogens is 1. The summed E-state index contributed by atoms with van der Waals surface area (Å²) in [5.41, 5.74) is 0.604. The van der Waals surface area contributed by atoms with Gasteiger partial charge in [-0.3, -0.25) is 4.79 Å². The van der Waals surface area contributed by atoms with E-state index < -0.39 is 12.0 Å². The number of rotatable bonds is 5. The molecule has 1 atom stereocenters. The smallest absolute Gasteiger partial charge is 0.273 e. The van der Waals surface area contributed by atoms with Crippen LogP contribution in [-0.2, 0) is 6.42 Å². The zero-order valence-electron chi connectivity index (χ0n) is 11.3. The van der Waals surface area contributed by atoms with Crippen LogP contribution in [0.4, 0.5) is 0 Å². The minimum atomic E-state index is -1.01. The highest BCUT2D eigenvalue weighted by atomic mass is 35.5. The van der Waals surface area contributed by atoms with Crippen molar-refractivity contribution in [2.24, 2.45) is 0 Å². The summed E-state index contributed by atoms with van der Waals surface area (Å²) in [5, 5.41) is 13.4. The number of benzene rings is 1. The highest BCUT2D eigenvalue weighted by Gasteiger charge is 2.19. The summed E-state index contributed by atoms with van der Waals surface area (Å²) >= 11 is 12.0. The lowest BCUT2D eigenvalue weighted by atomic mass is 10.1. The van der Waals surface area contributed by atoms with E-state index >= 15 is 0 Å². The van der Waals surface area contributed by atoms with Crippen LogP contribution < -0.4 is 5.32 Å². The van der Waals surface area contributed by atoms with Crippen LogP contribution in [-0.4, -0.2) is 22.5 Å². The second-order valence-corrected chi connectivity index (χ2v) is 5.15. The van der Waals surface area contributed by atoms with Gasteiger partial charge < -0.3 is 14.8 Å². The minimum Gasteiger partial charge on any atom is -0.448 e. The van der Waals surface area contributed by atoms with E-state index in [9.17, 15) is 9.90 Å². The predicted molar refractivity (Wildman–Crippen MR) is 79.6 cm³/mol. The van der Waals surface area contributed by atoms with E-state index in [0.717, 1.165) is 0 Å². The quantitative estimate of drug-likeness (QED) is 0.884. The number of aliphatic hydroxyl groups is 1. The van der Waals surface area contributed by atoms with E-state index in [4.69, 9.17) is 27.6 Å². The Hall–Kier alpha value is -1.56. The first kappa shape index (κ1) is 15.8. The summed E-state index contributed by atoms with van der Waals surface area (Å²) in [5.74, 6) is 0.0839. The molecule has 0 aliphatic heterocycles. The molecule has 2 aromatic rings. The molecule has 0 fully saturated rings. The van der Waals surface area contributed by atoms with Crippen LogP contribution in [0.3, 0.4) is 0 Å². The van der Waals surface area contributed by atoms with Crippen molar-refractivity contribution in [3.8, 4) is 0 Å². The molecule has 0 aliphatic carbocycles. The summed E-state index contributed by atoms with van der Waals surface area (Å²) < 4.78 is 5.09. The van der Waals surface area contributed by atoms with Crippen molar-refractivity contribution in [2.75, 3.05) is 6.54 Å². The summed E-state index contributed by atoms with van der Waals surface area (Å²) in [7, 11) is 0. The van der Waals surface area contributed by atoms with Gasteiger partial charge >= 0.3 is 0 Å². The van der Waals surface area contributed by atoms with Crippen LogP contribution in [0.1, 0.15) is 34.8 Å². The number of hydrogen-bond acceptors (Lipinski definition) is 4. The maximum absolute atomic E-state index is 12.0. The van der Waals surface area contributed by atoms with Gasteiger partial charge in [0.2, 0.25) is 0 Å². The number of aliphatic hydroxyl groups excluding tert-OH is 1. The van der Waals surface area contributed by atoms with Gasteiger partial charge in [-0.15, -0.1) is 0 Å². The van der Waals surface area contributed by atoms with Crippen molar-refractivity contribution in [1.82, 2.24) is 10.3 Å². The molecule has 112 valence electrons. The highest BCUT2D eigenvalue weighted by molar-refractivity contribution is 6.36. The third-order valence-corrected chi connectivity index (χ3v) is 3.63. The zero-order chi connectivity index (χ0) is 15.4. The predicted octanol–water partition coefficient (Wildman–Crippen LogP) is 3.01. The van der Waals surface area contributed by atoms with Gasteiger partial charge in [0.1, 0.15) is 5.76 Å². The normalized spacial score (nSPS) is 12.2. The molecule has 5 nitrogen and oxygen atoms in total. The third kappa shape index (κ3) is 3.56. The fourth-order valence-corrected chi connectivity index (χ4v) is 2.56.